The van der Waals surface area contributed by atoms with Crippen LogP contribution in [0.5, 0.6) is 0 Å². The van der Waals surface area contributed by atoms with E-state index in [4.69, 9.17) is 4.99 Å². The molecule has 30 heavy (non-hydrogen) atoms. The minimum Gasteiger partial charge on any atom is -0.357 e. The van der Waals surface area contributed by atoms with Gasteiger partial charge in [-0.2, -0.15) is 0 Å². The Hall–Kier alpha value is -0.850. The van der Waals surface area contributed by atoms with Gasteiger partial charge in [-0.1, -0.05) is 12.8 Å². The Morgan fingerprint density at radius 3 is 2.23 bits per heavy atom. The molecule has 0 saturated carbocycles. The van der Waals surface area contributed by atoms with Gasteiger partial charge in [-0.15, -0.1) is 0 Å². The summed E-state index contributed by atoms with van der Waals surface area (Å²) in [7, 11) is 4.61. The van der Waals surface area contributed by atoms with Crippen molar-refractivity contribution in [3.8, 4) is 0 Å². The molecule has 4 fully saturated rings. The summed E-state index contributed by atoms with van der Waals surface area (Å²) in [5.74, 6) is 1.06. The van der Waals surface area contributed by atoms with Crippen LogP contribution in [0.1, 0.15) is 71.1 Å². The van der Waals surface area contributed by atoms with Crippen LogP contribution in [-0.4, -0.2) is 97.7 Å². The number of nitrogens with zero attached hydrogens (tertiary/aromatic N) is 4. The minimum atomic E-state index is 0.262. The molecule has 2 N–H and O–H groups in total. The third kappa shape index (κ3) is 5.13. The standard InChI is InChI=1S/C24H46N6/c1-4-25-23(27-20-17-21-9-8-10-22(18-20)29(21)3)26-19-24(11-15-28(2)16-12-24)30-13-6-5-7-14-30/h20-22H,4-19H2,1-3H3,(H2,25,26,27). The molecule has 6 nitrogen and oxygen atoms in total. The molecule has 4 aliphatic rings. The normalized spacial score (nSPS) is 34.0. The number of guanidine groups is 1. The van der Waals surface area contributed by atoms with Gasteiger partial charge in [0.2, 0.25) is 0 Å². The Balaban J connectivity index is 1.43. The van der Waals surface area contributed by atoms with Gasteiger partial charge in [0, 0.05) is 30.2 Å². The lowest BCUT2D eigenvalue weighted by Crippen LogP contribution is -2.59. The molecule has 4 heterocycles. The summed E-state index contributed by atoms with van der Waals surface area (Å²) in [6, 6.07) is 2.08. The van der Waals surface area contributed by atoms with Gasteiger partial charge in [0.05, 0.1) is 6.54 Å². The first kappa shape index (κ1) is 22.3. The van der Waals surface area contributed by atoms with Crippen LogP contribution in [0, 0.1) is 0 Å². The van der Waals surface area contributed by atoms with Crippen molar-refractivity contribution < 1.29 is 0 Å². The van der Waals surface area contributed by atoms with Gasteiger partial charge >= 0.3 is 0 Å². The quantitative estimate of drug-likeness (QED) is 0.531. The van der Waals surface area contributed by atoms with Crippen LogP contribution in [0.2, 0.25) is 0 Å². The fourth-order valence-corrected chi connectivity index (χ4v) is 6.45. The summed E-state index contributed by atoms with van der Waals surface area (Å²) < 4.78 is 0. The number of fused-ring (bicyclic) bond motifs is 2. The van der Waals surface area contributed by atoms with E-state index in [9.17, 15) is 0 Å². The highest BCUT2D eigenvalue weighted by Gasteiger charge is 2.40. The maximum absolute atomic E-state index is 5.24. The fourth-order valence-electron chi connectivity index (χ4n) is 6.45. The van der Waals surface area contributed by atoms with Gasteiger partial charge in [-0.3, -0.25) is 9.89 Å². The highest BCUT2D eigenvalue weighted by molar-refractivity contribution is 5.80. The molecule has 4 saturated heterocycles. The van der Waals surface area contributed by atoms with Crippen molar-refractivity contribution in [1.82, 2.24) is 25.3 Å². The first-order valence-electron chi connectivity index (χ1n) is 12.8. The van der Waals surface area contributed by atoms with E-state index in [1.165, 1.54) is 90.4 Å². The molecule has 0 amide bonds. The van der Waals surface area contributed by atoms with Crippen molar-refractivity contribution in [3.05, 3.63) is 0 Å². The molecule has 0 aliphatic carbocycles. The van der Waals surface area contributed by atoms with E-state index in [1.807, 2.05) is 0 Å². The van der Waals surface area contributed by atoms with Crippen molar-refractivity contribution in [2.45, 2.75) is 94.8 Å². The predicted octanol–water partition coefficient (Wildman–Crippen LogP) is 2.51. The molecule has 2 bridgehead atoms. The summed E-state index contributed by atoms with van der Waals surface area (Å²) in [4.78, 5) is 13.2. The van der Waals surface area contributed by atoms with Gasteiger partial charge < -0.3 is 20.4 Å². The largest absolute Gasteiger partial charge is 0.357 e. The number of piperidine rings is 4. The molecule has 0 aromatic rings. The van der Waals surface area contributed by atoms with E-state index in [0.29, 0.717) is 6.04 Å². The van der Waals surface area contributed by atoms with Crippen LogP contribution in [0.15, 0.2) is 4.99 Å². The third-order valence-corrected chi connectivity index (χ3v) is 8.50. The molecule has 172 valence electrons. The molecule has 0 spiro atoms. The van der Waals surface area contributed by atoms with Crippen LogP contribution in [0.3, 0.4) is 0 Å². The topological polar surface area (TPSA) is 46.1 Å². The highest BCUT2D eigenvalue weighted by Crippen LogP contribution is 2.33. The predicted molar refractivity (Wildman–Crippen MR) is 126 cm³/mol. The highest BCUT2D eigenvalue weighted by atomic mass is 15.3. The lowest BCUT2D eigenvalue weighted by molar-refractivity contribution is 0.0207. The lowest BCUT2D eigenvalue weighted by atomic mass is 9.82. The Bertz CT molecular complexity index is 550. The SMILES string of the molecule is CCNC(=NCC1(N2CCCCC2)CCN(C)CC1)NC1CC2CCCC(C1)N2C. The van der Waals surface area contributed by atoms with Gasteiger partial charge in [0.15, 0.2) is 5.96 Å². The number of rotatable bonds is 5. The maximum Gasteiger partial charge on any atom is 0.191 e. The molecule has 4 rings (SSSR count). The second-order valence-corrected chi connectivity index (χ2v) is 10.5. The monoisotopic (exact) mass is 418 g/mol. The van der Waals surface area contributed by atoms with Crippen molar-refractivity contribution in [2.75, 3.05) is 53.4 Å². The van der Waals surface area contributed by atoms with Crippen molar-refractivity contribution >= 4 is 5.96 Å². The zero-order valence-electron chi connectivity index (χ0n) is 19.8. The van der Waals surface area contributed by atoms with Crippen LogP contribution < -0.4 is 10.6 Å². The molecule has 0 aromatic heterocycles. The first-order chi connectivity index (χ1) is 14.6. The zero-order valence-corrected chi connectivity index (χ0v) is 19.8. The van der Waals surface area contributed by atoms with E-state index < -0.39 is 0 Å². The van der Waals surface area contributed by atoms with Crippen LogP contribution in [0.4, 0.5) is 0 Å². The molecule has 0 aromatic carbocycles. The lowest BCUT2D eigenvalue weighted by Gasteiger charge is -2.49. The Kier molecular flexibility index (Phi) is 7.58. The van der Waals surface area contributed by atoms with E-state index in [0.717, 1.165) is 31.1 Å². The van der Waals surface area contributed by atoms with Crippen LogP contribution in [0.25, 0.3) is 0 Å². The zero-order chi connectivity index (χ0) is 21.0. The first-order valence-corrected chi connectivity index (χ1v) is 12.8. The molecule has 6 heteroatoms. The number of nitrogens with one attached hydrogen (secondary N) is 2. The van der Waals surface area contributed by atoms with E-state index in [2.05, 4.69) is 46.4 Å². The molecule has 0 radical (unpaired) electrons. The molecular formula is C24H46N6. The number of aliphatic imine (C=N–C) groups is 1. The molecule has 2 atom stereocenters. The molecule has 4 aliphatic heterocycles. The Morgan fingerprint density at radius 1 is 0.933 bits per heavy atom. The summed E-state index contributed by atoms with van der Waals surface area (Å²) >= 11 is 0. The minimum absolute atomic E-state index is 0.262. The number of hydrogen-bond acceptors (Lipinski definition) is 4. The fraction of sp³-hybridized carbons (Fsp3) is 0.958. The van der Waals surface area contributed by atoms with E-state index >= 15 is 0 Å². The second-order valence-electron chi connectivity index (χ2n) is 10.5. The number of likely N-dealkylation sites (tertiary alicyclic amines) is 2. The summed E-state index contributed by atoms with van der Waals surface area (Å²) in [6.45, 7) is 9.00. The van der Waals surface area contributed by atoms with Gasteiger partial charge in [0.25, 0.3) is 0 Å². The average Bonchev–Trinajstić information content (AvgIpc) is 2.75. The van der Waals surface area contributed by atoms with Crippen molar-refractivity contribution in [2.24, 2.45) is 4.99 Å². The van der Waals surface area contributed by atoms with Gasteiger partial charge in [-0.05, 0) is 98.6 Å². The van der Waals surface area contributed by atoms with E-state index in [-0.39, 0.29) is 5.54 Å². The van der Waals surface area contributed by atoms with Crippen LogP contribution in [-0.2, 0) is 0 Å². The average molecular weight is 419 g/mol. The van der Waals surface area contributed by atoms with E-state index in [1.54, 1.807) is 0 Å². The third-order valence-electron chi connectivity index (χ3n) is 8.50. The molecular weight excluding hydrogens is 372 g/mol. The summed E-state index contributed by atoms with van der Waals surface area (Å²) in [6.07, 6.45) is 13.3. The van der Waals surface area contributed by atoms with Gasteiger partial charge in [-0.25, -0.2) is 0 Å². The smallest absolute Gasteiger partial charge is 0.191 e. The Labute approximate surface area is 184 Å². The second kappa shape index (κ2) is 10.2. The molecule has 2 unspecified atom stereocenters. The summed E-state index contributed by atoms with van der Waals surface area (Å²) in [5.41, 5.74) is 0.262. The van der Waals surface area contributed by atoms with Gasteiger partial charge in [0.1, 0.15) is 0 Å². The number of hydrogen-bond donors (Lipinski definition) is 2. The maximum atomic E-state index is 5.24. The summed E-state index contributed by atoms with van der Waals surface area (Å²) in [5, 5.41) is 7.43. The van der Waals surface area contributed by atoms with Crippen molar-refractivity contribution in [3.63, 3.8) is 0 Å². The Morgan fingerprint density at radius 2 is 1.60 bits per heavy atom. The van der Waals surface area contributed by atoms with Crippen molar-refractivity contribution in [1.29, 1.82) is 0 Å². The van der Waals surface area contributed by atoms with Crippen LogP contribution >= 0.6 is 0 Å².